The Balaban J connectivity index is 1.29. The van der Waals surface area contributed by atoms with E-state index in [1.807, 2.05) is 24.3 Å². The number of imidazole rings is 1. The number of fused-ring (bicyclic) bond motifs is 1. The Morgan fingerprint density at radius 3 is 2.41 bits per heavy atom. The van der Waals surface area contributed by atoms with Crippen molar-refractivity contribution in [2.24, 2.45) is 5.92 Å². The molecule has 0 bridgehead atoms. The highest BCUT2D eigenvalue weighted by Gasteiger charge is 2.26. The van der Waals surface area contributed by atoms with Crippen LogP contribution in [0.4, 0.5) is 8.78 Å². The predicted octanol–water partition coefficient (Wildman–Crippen LogP) is 4.39. The molecule has 1 aliphatic carbocycles. The van der Waals surface area contributed by atoms with Crippen molar-refractivity contribution in [1.29, 1.82) is 0 Å². The van der Waals surface area contributed by atoms with Gasteiger partial charge in [-0.05, 0) is 61.9 Å². The van der Waals surface area contributed by atoms with Gasteiger partial charge in [0.05, 0.1) is 45.6 Å². The molecule has 214 valence electrons. The summed E-state index contributed by atoms with van der Waals surface area (Å²) in [6.45, 7) is 0.507. The zero-order chi connectivity index (χ0) is 29.1. The minimum absolute atomic E-state index is 0.0184. The quantitative estimate of drug-likeness (QED) is 0.320. The molecule has 3 heterocycles. The third-order valence-electron chi connectivity index (χ3n) is 7.45. The Kier molecular flexibility index (Phi) is 8.44. The number of alkyl halides is 2. The van der Waals surface area contributed by atoms with Gasteiger partial charge in [-0.25, -0.2) is 18.6 Å². The molecule has 0 unspecified atom stereocenters. The van der Waals surface area contributed by atoms with Gasteiger partial charge < -0.3 is 10.6 Å². The number of para-hydroxylation sites is 2. The number of pyridine rings is 2. The number of carbonyl (C=O) groups excluding carboxylic acids is 2. The Bertz CT molecular complexity index is 1630. The number of nitrogens with one attached hydrogen (secondary N) is 2. The first kappa shape index (κ1) is 28.4. The molecule has 0 atom stereocenters. The fourth-order valence-corrected chi connectivity index (χ4v) is 5.56. The van der Waals surface area contributed by atoms with Crippen LogP contribution in [0.3, 0.4) is 0 Å². The van der Waals surface area contributed by atoms with Crippen LogP contribution in [0.5, 0.6) is 0 Å². The number of halogens is 3. The van der Waals surface area contributed by atoms with Crippen molar-refractivity contribution in [3.8, 4) is 5.69 Å². The summed E-state index contributed by atoms with van der Waals surface area (Å²) < 4.78 is 29.3. The van der Waals surface area contributed by atoms with E-state index in [2.05, 4.69) is 20.6 Å². The predicted molar refractivity (Wildman–Crippen MR) is 151 cm³/mol. The van der Waals surface area contributed by atoms with Crippen LogP contribution >= 0.6 is 11.6 Å². The van der Waals surface area contributed by atoms with Crippen molar-refractivity contribution in [1.82, 2.24) is 29.7 Å². The molecule has 5 rings (SSSR count). The van der Waals surface area contributed by atoms with Crippen LogP contribution in [0.25, 0.3) is 16.7 Å². The van der Waals surface area contributed by atoms with Crippen LogP contribution in [-0.4, -0.2) is 50.4 Å². The summed E-state index contributed by atoms with van der Waals surface area (Å²) in [6.07, 6.45) is 2.45. The largest absolute Gasteiger partial charge is 0.354 e. The van der Waals surface area contributed by atoms with Gasteiger partial charge in [-0.1, -0.05) is 23.7 Å². The van der Waals surface area contributed by atoms with E-state index in [0.29, 0.717) is 25.1 Å². The summed E-state index contributed by atoms with van der Waals surface area (Å²) >= 11 is 5.98. The number of carbonyl (C=O) groups is 2. The summed E-state index contributed by atoms with van der Waals surface area (Å²) in [5.74, 6) is -0.568. The lowest BCUT2D eigenvalue weighted by molar-refractivity contribution is 0.0915. The number of benzene rings is 1. The third-order valence-corrected chi connectivity index (χ3v) is 7.66. The summed E-state index contributed by atoms with van der Waals surface area (Å²) in [4.78, 5) is 46.6. The second-order valence-corrected chi connectivity index (χ2v) is 10.6. The van der Waals surface area contributed by atoms with Gasteiger partial charge in [-0.2, -0.15) is 0 Å². The SMILES string of the molecule is CNC(=O)c1ccc(-n2c(=O)n(C[C@H]3CC[C@H](NC(=O)c4cc(Cl)cnc4CC(F)F)CC3)c3ccccc32)cn1. The van der Waals surface area contributed by atoms with Gasteiger partial charge in [0, 0.05) is 25.8 Å². The molecule has 1 saturated carbocycles. The number of nitrogens with zero attached hydrogens (tertiary/aromatic N) is 4. The van der Waals surface area contributed by atoms with E-state index < -0.39 is 18.8 Å². The second kappa shape index (κ2) is 12.2. The molecule has 0 aliphatic heterocycles. The van der Waals surface area contributed by atoms with E-state index in [-0.39, 0.29) is 45.5 Å². The van der Waals surface area contributed by atoms with Crippen molar-refractivity contribution < 1.29 is 18.4 Å². The van der Waals surface area contributed by atoms with Gasteiger partial charge in [0.15, 0.2) is 0 Å². The Labute approximate surface area is 239 Å². The number of aromatic nitrogens is 4. The minimum atomic E-state index is -2.63. The van der Waals surface area contributed by atoms with Gasteiger partial charge in [-0.3, -0.25) is 23.7 Å². The van der Waals surface area contributed by atoms with Crippen LogP contribution < -0.4 is 16.3 Å². The molecule has 1 aromatic carbocycles. The Morgan fingerprint density at radius 2 is 1.76 bits per heavy atom. The maximum absolute atomic E-state index is 13.6. The molecule has 0 spiro atoms. The first-order chi connectivity index (χ1) is 19.7. The van der Waals surface area contributed by atoms with Crippen LogP contribution in [0.1, 0.15) is 52.2 Å². The van der Waals surface area contributed by atoms with Gasteiger partial charge in [0.1, 0.15) is 5.69 Å². The number of hydrogen-bond acceptors (Lipinski definition) is 5. The zero-order valence-electron chi connectivity index (χ0n) is 22.3. The normalized spacial score (nSPS) is 17.1. The Morgan fingerprint density at radius 1 is 1.02 bits per heavy atom. The van der Waals surface area contributed by atoms with E-state index in [1.54, 1.807) is 21.3 Å². The highest BCUT2D eigenvalue weighted by atomic mass is 35.5. The van der Waals surface area contributed by atoms with Crippen LogP contribution in [0.15, 0.2) is 59.7 Å². The third kappa shape index (κ3) is 6.14. The van der Waals surface area contributed by atoms with E-state index in [0.717, 1.165) is 23.9 Å². The van der Waals surface area contributed by atoms with E-state index in [1.165, 1.54) is 25.5 Å². The summed E-state index contributed by atoms with van der Waals surface area (Å²) in [5.41, 5.74) is 2.24. The average molecular weight is 583 g/mol. The maximum Gasteiger partial charge on any atom is 0.333 e. The molecule has 2 N–H and O–H groups in total. The summed E-state index contributed by atoms with van der Waals surface area (Å²) in [6, 6.07) is 12.1. The number of amides is 2. The van der Waals surface area contributed by atoms with Gasteiger partial charge >= 0.3 is 5.69 Å². The molecule has 0 saturated heterocycles. The topological polar surface area (TPSA) is 111 Å². The zero-order valence-corrected chi connectivity index (χ0v) is 23.1. The monoisotopic (exact) mass is 582 g/mol. The van der Waals surface area contributed by atoms with Crippen LogP contribution in [0, 0.1) is 5.92 Å². The smallest absolute Gasteiger partial charge is 0.333 e. The van der Waals surface area contributed by atoms with E-state index in [9.17, 15) is 23.2 Å². The molecule has 1 fully saturated rings. The molecule has 41 heavy (non-hydrogen) atoms. The standard InChI is InChI=1S/C29H29ClF2N6O3/c1-33-28(40)22-11-10-20(15-35-22)38-25-5-3-2-4-24(25)37(29(38)41)16-17-6-8-19(9-7-17)36-27(39)21-12-18(30)14-34-23(21)13-26(31)32/h2-5,10-12,14-15,17,19,26H,6-9,13,16H2,1H3,(H,33,40)(H,36,39)/t17-,19-. The lowest BCUT2D eigenvalue weighted by Gasteiger charge is -2.29. The first-order valence-corrected chi connectivity index (χ1v) is 13.7. The highest BCUT2D eigenvalue weighted by molar-refractivity contribution is 6.30. The molecule has 3 aromatic heterocycles. The molecule has 0 radical (unpaired) electrons. The molecule has 2 amide bonds. The summed E-state index contributed by atoms with van der Waals surface area (Å²) in [5, 5.41) is 5.69. The van der Waals surface area contributed by atoms with Crippen molar-refractivity contribution in [3.63, 3.8) is 0 Å². The number of rotatable bonds is 8. The van der Waals surface area contributed by atoms with Crippen molar-refractivity contribution in [2.75, 3.05) is 7.05 Å². The number of hydrogen-bond donors (Lipinski definition) is 2. The second-order valence-electron chi connectivity index (χ2n) is 10.1. The van der Waals surface area contributed by atoms with Crippen molar-refractivity contribution in [2.45, 2.75) is 51.1 Å². The maximum atomic E-state index is 13.6. The van der Waals surface area contributed by atoms with E-state index in [4.69, 9.17) is 11.6 Å². The lowest BCUT2D eigenvalue weighted by atomic mass is 9.85. The average Bonchev–Trinajstić information content (AvgIpc) is 3.25. The van der Waals surface area contributed by atoms with Gasteiger partial charge in [0.2, 0.25) is 6.43 Å². The minimum Gasteiger partial charge on any atom is -0.354 e. The molecular weight excluding hydrogens is 554 g/mol. The molecule has 9 nitrogen and oxygen atoms in total. The molecular formula is C29H29ClF2N6O3. The van der Waals surface area contributed by atoms with E-state index >= 15 is 0 Å². The van der Waals surface area contributed by atoms with Crippen molar-refractivity contribution >= 4 is 34.4 Å². The molecule has 12 heteroatoms. The van der Waals surface area contributed by atoms with Crippen LogP contribution in [0.2, 0.25) is 5.02 Å². The lowest BCUT2D eigenvalue weighted by Crippen LogP contribution is -2.39. The van der Waals surface area contributed by atoms with Crippen molar-refractivity contribution in [3.05, 3.63) is 87.3 Å². The van der Waals surface area contributed by atoms with Gasteiger partial charge in [-0.15, -0.1) is 0 Å². The fourth-order valence-electron chi connectivity index (χ4n) is 5.40. The molecule has 1 aliphatic rings. The summed E-state index contributed by atoms with van der Waals surface area (Å²) in [7, 11) is 1.53. The Hall–Kier alpha value is -4.12. The highest BCUT2D eigenvalue weighted by Crippen LogP contribution is 2.28. The molecule has 4 aromatic rings. The van der Waals surface area contributed by atoms with Crippen LogP contribution in [-0.2, 0) is 13.0 Å². The fraction of sp³-hybridized carbons (Fsp3) is 0.345. The first-order valence-electron chi connectivity index (χ1n) is 13.4. The van der Waals surface area contributed by atoms with Gasteiger partial charge in [0.25, 0.3) is 11.8 Å².